The highest BCUT2D eigenvalue weighted by Crippen LogP contribution is 2.35. The minimum Gasteiger partial charge on any atom is -0.480 e. The van der Waals surface area contributed by atoms with Gasteiger partial charge in [-0.1, -0.05) is 12.8 Å². The van der Waals surface area contributed by atoms with Crippen LogP contribution in [-0.2, 0) is 9.53 Å². The third kappa shape index (κ3) is 1.81. The Bertz CT molecular complexity index is 262. The number of amides is 1. The van der Waals surface area contributed by atoms with Crippen LogP contribution in [0.5, 0.6) is 0 Å². The number of hydrogen-bond donors (Lipinski definition) is 1. The smallest absolute Gasteiger partial charge is 0.410 e. The molecule has 1 saturated carbocycles. The SMILES string of the molecule is O=C(O)[C@H](CC1CC1)N1CCOC1=O. The maximum absolute atomic E-state index is 11.2. The first-order chi connectivity index (χ1) is 6.68. The van der Waals surface area contributed by atoms with Crippen LogP contribution in [0.25, 0.3) is 0 Å². The van der Waals surface area contributed by atoms with Gasteiger partial charge in [-0.3, -0.25) is 4.90 Å². The largest absolute Gasteiger partial charge is 0.480 e. The van der Waals surface area contributed by atoms with Crippen molar-refractivity contribution in [2.75, 3.05) is 13.2 Å². The highest BCUT2D eigenvalue weighted by Gasteiger charge is 2.38. The monoisotopic (exact) mass is 199 g/mol. The lowest BCUT2D eigenvalue weighted by Gasteiger charge is -2.21. The van der Waals surface area contributed by atoms with E-state index in [4.69, 9.17) is 9.84 Å². The van der Waals surface area contributed by atoms with E-state index in [1.54, 1.807) is 0 Å². The summed E-state index contributed by atoms with van der Waals surface area (Å²) in [6, 6.07) is -0.683. The van der Waals surface area contributed by atoms with Gasteiger partial charge in [-0.05, 0) is 12.3 Å². The molecule has 1 atom stereocenters. The molecule has 1 aliphatic carbocycles. The van der Waals surface area contributed by atoms with Gasteiger partial charge in [0.15, 0.2) is 0 Å². The third-order valence-corrected chi connectivity index (χ3v) is 2.71. The molecule has 0 aromatic carbocycles. The lowest BCUT2D eigenvalue weighted by atomic mass is 10.1. The predicted molar refractivity (Wildman–Crippen MR) is 46.8 cm³/mol. The number of carboxylic acids is 1. The number of carbonyl (C=O) groups excluding carboxylic acids is 1. The average Bonchev–Trinajstić information content (AvgIpc) is 2.85. The van der Waals surface area contributed by atoms with E-state index in [2.05, 4.69) is 0 Å². The van der Waals surface area contributed by atoms with E-state index in [1.807, 2.05) is 0 Å². The van der Waals surface area contributed by atoms with Crippen LogP contribution in [0.1, 0.15) is 19.3 Å². The molecule has 0 aromatic heterocycles. The molecule has 2 aliphatic rings. The molecule has 2 rings (SSSR count). The van der Waals surface area contributed by atoms with Crippen molar-refractivity contribution >= 4 is 12.1 Å². The van der Waals surface area contributed by atoms with Gasteiger partial charge in [0.1, 0.15) is 12.6 Å². The summed E-state index contributed by atoms with van der Waals surface area (Å²) in [7, 11) is 0. The van der Waals surface area contributed by atoms with Gasteiger partial charge in [-0.25, -0.2) is 9.59 Å². The summed E-state index contributed by atoms with van der Waals surface area (Å²) in [6.45, 7) is 0.718. The molecule has 1 heterocycles. The summed E-state index contributed by atoms with van der Waals surface area (Å²) in [5.41, 5.74) is 0. The fraction of sp³-hybridized carbons (Fsp3) is 0.778. The van der Waals surface area contributed by atoms with Gasteiger partial charge in [0.05, 0.1) is 6.54 Å². The summed E-state index contributed by atoms with van der Waals surface area (Å²) < 4.78 is 4.72. The second kappa shape index (κ2) is 3.48. The van der Waals surface area contributed by atoms with E-state index in [0.717, 1.165) is 12.8 Å². The van der Waals surface area contributed by atoms with Crippen molar-refractivity contribution < 1.29 is 19.4 Å². The highest BCUT2D eigenvalue weighted by molar-refractivity contribution is 5.80. The zero-order valence-corrected chi connectivity index (χ0v) is 7.81. The van der Waals surface area contributed by atoms with Crippen LogP contribution in [0, 0.1) is 5.92 Å². The molecule has 1 amide bonds. The number of cyclic esters (lactones) is 1. The topological polar surface area (TPSA) is 66.8 Å². The molecule has 78 valence electrons. The number of carbonyl (C=O) groups is 2. The van der Waals surface area contributed by atoms with Crippen molar-refractivity contribution in [1.82, 2.24) is 4.90 Å². The quantitative estimate of drug-likeness (QED) is 0.723. The van der Waals surface area contributed by atoms with Crippen molar-refractivity contribution in [3.8, 4) is 0 Å². The molecule has 2 fully saturated rings. The van der Waals surface area contributed by atoms with E-state index in [1.165, 1.54) is 4.90 Å². The number of aliphatic carboxylic acids is 1. The lowest BCUT2D eigenvalue weighted by molar-refractivity contribution is -0.142. The van der Waals surface area contributed by atoms with Crippen molar-refractivity contribution in [2.45, 2.75) is 25.3 Å². The van der Waals surface area contributed by atoms with E-state index in [0.29, 0.717) is 25.5 Å². The standard InChI is InChI=1S/C9H13NO4/c11-8(12)7(5-6-1-2-6)10-3-4-14-9(10)13/h6-7H,1-5H2,(H,11,12)/t7-/m0/s1. The van der Waals surface area contributed by atoms with E-state index in [9.17, 15) is 9.59 Å². The Morgan fingerprint density at radius 1 is 1.64 bits per heavy atom. The normalized spacial score (nSPS) is 23.4. The summed E-state index contributed by atoms with van der Waals surface area (Å²) in [5.74, 6) is -0.430. The number of rotatable bonds is 4. The molecule has 0 bridgehead atoms. The molecule has 1 aliphatic heterocycles. The van der Waals surface area contributed by atoms with Gasteiger partial charge in [-0.2, -0.15) is 0 Å². The van der Waals surface area contributed by atoms with Crippen molar-refractivity contribution in [3.63, 3.8) is 0 Å². The third-order valence-electron chi connectivity index (χ3n) is 2.71. The van der Waals surface area contributed by atoms with Gasteiger partial charge in [-0.15, -0.1) is 0 Å². The lowest BCUT2D eigenvalue weighted by Crippen LogP contribution is -2.42. The summed E-state index contributed by atoms with van der Waals surface area (Å²) >= 11 is 0. The predicted octanol–water partition coefficient (Wildman–Crippen LogP) is 0.692. The Hall–Kier alpha value is -1.26. The Morgan fingerprint density at radius 2 is 2.36 bits per heavy atom. The number of nitrogens with zero attached hydrogens (tertiary/aromatic N) is 1. The summed E-state index contributed by atoms with van der Waals surface area (Å²) in [4.78, 5) is 23.4. The van der Waals surface area contributed by atoms with Crippen LogP contribution in [-0.4, -0.2) is 41.3 Å². The number of ether oxygens (including phenoxy) is 1. The minimum atomic E-state index is -0.921. The molecule has 0 radical (unpaired) electrons. The molecule has 14 heavy (non-hydrogen) atoms. The van der Waals surface area contributed by atoms with E-state index in [-0.39, 0.29) is 0 Å². The molecule has 5 nitrogen and oxygen atoms in total. The van der Waals surface area contributed by atoms with Crippen LogP contribution in [0.3, 0.4) is 0 Å². The van der Waals surface area contributed by atoms with Gasteiger partial charge in [0.25, 0.3) is 0 Å². The zero-order chi connectivity index (χ0) is 10.1. The van der Waals surface area contributed by atoms with Gasteiger partial charge >= 0.3 is 12.1 Å². The first-order valence-electron chi connectivity index (χ1n) is 4.84. The minimum absolute atomic E-state index is 0.313. The maximum atomic E-state index is 11.2. The Morgan fingerprint density at radius 3 is 2.79 bits per heavy atom. The highest BCUT2D eigenvalue weighted by atomic mass is 16.6. The van der Waals surface area contributed by atoms with Crippen LogP contribution in [0.15, 0.2) is 0 Å². The van der Waals surface area contributed by atoms with E-state index < -0.39 is 18.1 Å². The van der Waals surface area contributed by atoms with Crippen LogP contribution < -0.4 is 0 Å². The Labute approximate surface area is 81.6 Å². The fourth-order valence-electron chi connectivity index (χ4n) is 1.72. The van der Waals surface area contributed by atoms with Crippen molar-refractivity contribution in [2.24, 2.45) is 5.92 Å². The first kappa shape index (κ1) is 9.30. The average molecular weight is 199 g/mol. The van der Waals surface area contributed by atoms with Crippen LogP contribution in [0.2, 0.25) is 0 Å². The molecule has 0 unspecified atom stereocenters. The summed E-state index contributed by atoms with van der Waals surface area (Å²) in [5, 5.41) is 8.98. The molecular formula is C9H13NO4. The Balaban J connectivity index is 2.00. The first-order valence-corrected chi connectivity index (χ1v) is 4.84. The van der Waals surface area contributed by atoms with Crippen molar-refractivity contribution in [1.29, 1.82) is 0 Å². The zero-order valence-electron chi connectivity index (χ0n) is 7.81. The fourth-order valence-corrected chi connectivity index (χ4v) is 1.72. The molecule has 5 heteroatoms. The number of carboxylic acid groups (broad SMARTS) is 1. The van der Waals surface area contributed by atoms with Gasteiger partial charge < -0.3 is 9.84 Å². The van der Waals surface area contributed by atoms with Crippen LogP contribution in [0.4, 0.5) is 4.79 Å². The van der Waals surface area contributed by atoms with Crippen molar-refractivity contribution in [3.05, 3.63) is 0 Å². The Kier molecular flexibility index (Phi) is 2.31. The van der Waals surface area contributed by atoms with E-state index >= 15 is 0 Å². The molecule has 0 aromatic rings. The second-order valence-corrected chi connectivity index (χ2v) is 3.84. The molecule has 0 spiro atoms. The summed E-state index contributed by atoms with van der Waals surface area (Å²) in [6.07, 6.45) is 2.27. The number of hydrogen-bond acceptors (Lipinski definition) is 3. The second-order valence-electron chi connectivity index (χ2n) is 3.84. The van der Waals surface area contributed by atoms with Gasteiger partial charge in [0, 0.05) is 0 Å². The molecular weight excluding hydrogens is 186 g/mol. The molecule has 1 saturated heterocycles. The maximum Gasteiger partial charge on any atom is 0.410 e. The van der Waals surface area contributed by atoms with Crippen LogP contribution >= 0.6 is 0 Å². The molecule has 1 N–H and O–H groups in total. The van der Waals surface area contributed by atoms with Gasteiger partial charge in [0.2, 0.25) is 0 Å².